The summed E-state index contributed by atoms with van der Waals surface area (Å²) in [6.07, 6.45) is 4.70. The summed E-state index contributed by atoms with van der Waals surface area (Å²) >= 11 is 0. The second kappa shape index (κ2) is 7.39. The van der Waals surface area contributed by atoms with Crippen LogP contribution in [-0.2, 0) is 24.8 Å². The van der Waals surface area contributed by atoms with Crippen LogP contribution in [0, 0.1) is 6.92 Å². The number of aryl methyl sites for hydroxylation is 1. The number of aromatic nitrogens is 3. The number of hydrogen-bond acceptors (Lipinski definition) is 2. The highest BCUT2D eigenvalue weighted by atomic mass is 16.2. The molecular weight excluding hydrogens is 328 g/mol. The van der Waals surface area contributed by atoms with E-state index in [1.165, 1.54) is 5.56 Å². The van der Waals surface area contributed by atoms with Crippen LogP contribution in [0.4, 0.5) is 5.69 Å². The lowest BCUT2D eigenvalue weighted by Gasteiger charge is -2.07. The van der Waals surface area contributed by atoms with Gasteiger partial charge in [-0.1, -0.05) is 25.1 Å². The quantitative estimate of drug-likeness (QED) is 0.715. The van der Waals surface area contributed by atoms with Crippen molar-refractivity contribution in [3.05, 3.63) is 76.5 Å². The Kier molecular flexibility index (Phi) is 5.02. The van der Waals surface area contributed by atoms with Crippen molar-refractivity contribution in [3.8, 4) is 5.69 Å². The van der Waals surface area contributed by atoms with E-state index < -0.39 is 0 Å². The van der Waals surface area contributed by atoms with Crippen molar-refractivity contribution >= 4 is 11.6 Å². The van der Waals surface area contributed by atoms with E-state index in [2.05, 4.69) is 12.2 Å². The smallest absolute Gasteiger partial charge is 0.295 e. The van der Waals surface area contributed by atoms with E-state index in [0.717, 1.165) is 12.1 Å². The maximum atomic E-state index is 12.8. The molecular formula is C20H23N4O2+. The molecule has 0 fully saturated rings. The number of anilines is 1. The molecule has 1 N–H and O–H groups in total. The monoisotopic (exact) mass is 351 g/mol. The molecule has 0 radical (unpaired) electrons. The molecule has 0 aliphatic carbocycles. The topological polar surface area (TPSA) is 59.9 Å². The predicted molar refractivity (Wildman–Crippen MR) is 100 cm³/mol. The van der Waals surface area contributed by atoms with Crippen LogP contribution < -0.4 is 15.4 Å². The molecule has 3 aromatic rings. The van der Waals surface area contributed by atoms with Crippen molar-refractivity contribution in [3.63, 3.8) is 0 Å². The molecule has 0 bridgehead atoms. The maximum Gasteiger partial charge on any atom is 0.295 e. The van der Waals surface area contributed by atoms with Gasteiger partial charge in [-0.15, -0.1) is 0 Å². The number of carbonyl (C=O) groups excluding carboxylic acids is 1. The van der Waals surface area contributed by atoms with Crippen LogP contribution in [0.15, 0.2) is 59.7 Å². The van der Waals surface area contributed by atoms with Crippen LogP contribution in [0.1, 0.15) is 18.2 Å². The first-order chi connectivity index (χ1) is 12.5. The number of rotatable bonds is 5. The van der Waals surface area contributed by atoms with E-state index in [-0.39, 0.29) is 18.0 Å². The van der Waals surface area contributed by atoms with Gasteiger partial charge in [0.05, 0.1) is 11.4 Å². The Hall–Kier alpha value is -3.15. The molecule has 6 nitrogen and oxygen atoms in total. The number of carbonyl (C=O) groups is 1. The van der Waals surface area contributed by atoms with Gasteiger partial charge in [-0.25, -0.2) is 4.68 Å². The molecule has 2 heterocycles. The average molecular weight is 351 g/mol. The van der Waals surface area contributed by atoms with Crippen LogP contribution in [-0.4, -0.2) is 15.3 Å². The Balaban J connectivity index is 1.83. The van der Waals surface area contributed by atoms with Crippen LogP contribution in [0.25, 0.3) is 5.69 Å². The molecule has 1 aromatic carbocycles. The number of hydrogen-bond donors (Lipinski definition) is 1. The summed E-state index contributed by atoms with van der Waals surface area (Å²) < 4.78 is 5.09. The van der Waals surface area contributed by atoms with E-state index >= 15 is 0 Å². The molecule has 0 saturated carbocycles. The average Bonchev–Trinajstić information content (AvgIpc) is 2.86. The summed E-state index contributed by atoms with van der Waals surface area (Å²) in [4.78, 5) is 25.2. The van der Waals surface area contributed by atoms with E-state index in [1.807, 2.05) is 61.8 Å². The number of para-hydroxylation sites is 1. The van der Waals surface area contributed by atoms with Crippen molar-refractivity contribution in [1.82, 2.24) is 9.36 Å². The standard InChI is InChI=1S/C20H22N4O2/c1-4-16-10-12-23(13-11-16)14-18(25)21-19-15(2)22(3)24(20(19)26)17-8-6-5-7-9-17/h5-13H,4,14H2,1-3H3/p+1. The number of nitrogens with one attached hydrogen (secondary N) is 1. The summed E-state index contributed by atoms with van der Waals surface area (Å²) in [5, 5.41) is 2.77. The van der Waals surface area contributed by atoms with Gasteiger partial charge in [-0.2, -0.15) is 4.57 Å². The number of amides is 1. The van der Waals surface area contributed by atoms with Crippen molar-refractivity contribution in [2.45, 2.75) is 26.8 Å². The van der Waals surface area contributed by atoms with Gasteiger partial charge in [0.15, 0.2) is 12.4 Å². The van der Waals surface area contributed by atoms with Crippen molar-refractivity contribution < 1.29 is 9.36 Å². The number of nitrogens with zero attached hydrogens (tertiary/aromatic N) is 3. The zero-order valence-corrected chi connectivity index (χ0v) is 15.3. The molecule has 0 aliphatic rings. The maximum absolute atomic E-state index is 12.8. The lowest BCUT2D eigenvalue weighted by molar-refractivity contribution is -0.684. The molecule has 26 heavy (non-hydrogen) atoms. The molecule has 0 unspecified atom stereocenters. The molecule has 0 atom stereocenters. The number of pyridine rings is 1. The molecule has 0 spiro atoms. The molecule has 3 rings (SSSR count). The van der Waals surface area contributed by atoms with Gasteiger partial charge in [0.2, 0.25) is 6.54 Å². The van der Waals surface area contributed by atoms with E-state index in [1.54, 1.807) is 21.0 Å². The molecule has 134 valence electrons. The van der Waals surface area contributed by atoms with E-state index in [0.29, 0.717) is 11.4 Å². The van der Waals surface area contributed by atoms with Crippen molar-refractivity contribution in [2.24, 2.45) is 7.05 Å². The third kappa shape index (κ3) is 3.44. The zero-order chi connectivity index (χ0) is 18.7. The third-order valence-electron chi connectivity index (χ3n) is 4.51. The largest absolute Gasteiger partial charge is 0.314 e. The second-order valence-corrected chi connectivity index (χ2v) is 6.22. The van der Waals surface area contributed by atoms with Crippen molar-refractivity contribution in [1.29, 1.82) is 0 Å². The lowest BCUT2D eigenvalue weighted by atomic mass is 10.2. The van der Waals surface area contributed by atoms with Gasteiger partial charge in [-0.3, -0.25) is 14.3 Å². The highest BCUT2D eigenvalue weighted by Gasteiger charge is 2.19. The fraction of sp³-hybridized carbons (Fsp3) is 0.250. The summed E-state index contributed by atoms with van der Waals surface area (Å²) in [5.74, 6) is -0.231. The van der Waals surface area contributed by atoms with Crippen LogP contribution in [0.5, 0.6) is 0 Å². The Labute approximate surface area is 152 Å². The highest BCUT2D eigenvalue weighted by Crippen LogP contribution is 2.13. The van der Waals surface area contributed by atoms with Gasteiger partial charge in [0, 0.05) is 19.2 Å². The summed E-state index contributed by atoms with van der Waals surface area (Å²) in [6, 6.07) is 13.3. The Bertz CT molecular complexity index is 970. The number of benzene rings is 1. The zero-order valence-electron chi connectivity index (χ0n) is 15.3. The van der Waals surface area contributed by atoms with Gasteiger partial charge >= 0.3 is 0 Å². The van der Waals surface area contributed by atoms with Crippen LogP contribution in [0.3, 0.4) is 0 Å². The first-order valence-corrected chi connectivity index (χ1v) is 8.63. The molecule has 2 aromatic heterocycles. The minimum Gasteiger partial charge on any atom is -0.314 e. The Morgan fingerprint density at radius 3 is 2.38 bits per heavy atom. The summed E-state index contributed by atoms with van der Waals surface area (Å²) in [7, 11) is 1.80. The van der Waals surface area contributed by atoms with Crippen molar-refractivity contribution in [2.75, 3.05) is 5.32 Å². The first kappa shape index (κ1) is 17.7. The van der Waals surface area contributed by atoms with E-state index in [9.17, 15) is 9.59 Å². The van der Waals surface area contributed by atoms with Crippen LogP contribution in [0.2, 0.25) is 0 Å². The third-order valence-corrected chi connectivity index (χ3v) is 4.51. The lowest BCUT2D eigenvalue weighted by Crippen LogP contribution is -2.40. The normalized spacial score (nSPS) is 10.7. The first-order valence-electron chi connectivity index (χ1n) is 8.63. The molecule has 1 amide bonds. The van der Waals surface area contributed by atoms with Gasteiger partial charge < -0.3 is 5.32 Å². The summed E-state index contributed by atoms with van der Waals surface area (Å²) in [5.41, 5.74) is 2.75. The molecule has 6 heteroatoms. The van der Waals surface area contributed by atoms with Crippen LogP contribution >= 0.6 is 0 Å². The molecule has 0 saturated heterocycles. The van der Waals surface area contributed by atoms with Gasteiger partial charge in [-0.05, 0) is 31.0 Å². The highest BCUT2D eigenvalue weighted by molar-refractivity contribution is 5.90. The minimum absolute atomic E-state index is 0.156. The SMILES string of the molecule is CCc1cc[n+](CC(=O)Nc2c(C)n(C)n(-c3ccccc3)c2=O)cc1. The van der Waals surface area contributed by atoms with Gasteiger partial charge in [0.25, 0.3) is 11.5 Å². The molecule has 0 aliphatic heterocycles. The predicted octanol–water partition coefficient (Wildman–Crippen LogP) is 1.97. The Morgan fingerprint density at radius 2 is 1.77 bits per heavy atom. The Morgan fingerprint density at radius 1 is 1.12 bits per heavy atom. The fourth-order valence-corrected chi connectivity index (χ4v) is 2.89. The summed E-state index contributed by atoms with van der Waals surface area (Å²) in [6.45, 7) is 4.06. The van der Waals surface area contributed by atoms with E-state index in [4.69, 9.17) is 0 Å². The second-order valence-electron chi connectivity index (χ2n) is 6.22. The minimum atomic E-state index is -0.240. The fourth-order valence-electron chi connectivity index (χ4n) is 2.89. The van der Waals surface area contributed by atoms with Gasteiger partial charge in [0.1, 0.15) is 5.69 Å².